The fourth-order valence-electron chi connectivity index (χ4n) is 3.00. The minimum absolute atomic E-state index is 0.167. The van der Waals surface area contributed by atoms with Gasteiger partial charge in [-0.25, -0.2) is 9.59 Å². The van der Waals surface area contributed by atoms with Crippen LogP contribution in [0.4, 0.5) is 0 Å². The smallest absolute Gasteiger partial charge is 0.338 e. The number of carbonyl (C=O) groups excluding carboxylic acids is 3. The maximum Gasteiger partial charge on any atom is 0.338 e. The lowest BCUT2D eigenvalue weighted by atomic mass is 10.1. The van der Waals surface area contributed by atoms with Gasteiger partial charge in [0.1, 0.15) is 12.1 Å². The van der Waals surface area contributed by atoms with Gasteiger partial charge in [0.25, 0.3) is 0 Å². The number of nitrogens with zero attached hydrogens (tertiary/aromatic N) is 3. The Hall–Kier alpha value is -3.49. The molecule has 0 spiro atoms. The van der Waals surface area contributed by atoms with E-state index in [0.717, 1.165) is 11.8 Å². The minimum atomic E-state index is -1.15. The third-order valence-corrected chi connectivity index (χ3v) is 5.62. The highest BCUT2D eigenvalue weighted by Crippen LogP contribution is 2.34. The summed E-state index contributed by atoms with van der Waals surface area (Å²) < 4.78 is 16.5. The molecule has 0 saturated carbocycles. The topological polar surface area (TPSA) is 128 Å². The lowest BCUT2D eigenvalue weighted by molar-refractivity contribution is -0.145. The Morgan fingerprint density at radius 2 is 1.48 bits per heavy atom. The zero-order valence-electron chi connectivity index (χ0n) is 16.5. The van der Waals surface area contributed by atoms with Crippen molar-refractivity contribution in [3.8, 4) is 0 Å². The lowest BCUT2D eigenvalue weighted by Gasteiger charge is -2.38. The van der Waals surface area contributed by atoms with Crippen LogP contribution < -0.4 is 0 Å². The summed E-state index contributed by atoms with van der Waals surface area (Å²) in [5.74, 6) is -1.71. The zero-order valence-corrected chi connectivity index (χ0v) is 17.3. The molecular weight excluding hydrogens is 422 g/mol. The molecule has 0 radical (unpaired) electrons. The van der Waals surface area contributed by atoms with Gasteiger partial charge in [-0.3, -0.25) is 4.79 Å². The van der Waals surface area contributed by atoms with Gasteiger partial charge >= 0.3 is 17.9 Å². The molecular formula is C21H19N3O6S. The van der Waals surface area contributed by atoms with Crippen molar-refractivity contribution < 1.29 is 28.6 Å². The Labute approximate surface area is 182 Å². The Morgan fingerprint density at radius 3 is 2.00 bits per heavy atom. The van der Waals surface area contributed by atoms with Crippen LogP contribution in [0.3, 0.4) is 0 Å². The molecule has 1 heterocycles. The van der Waals surface area contributed by atoms with Gasteiger partial charge in [0.05, 0.1) is 11.1 Å². The van der Waals surface area contributed by atoms with Crippen molar-refractivity contribution in [2.75, 3.05) is 5.75 Å². The van der Waals surface area contributed by atoms with Crippen molar-refractivity contribution in [3.05, 3.63) is 82.2 Å². The SMILES string of the molecule is CC(=O)O[C@@H]1SC[C@@H](OC(=O)c2ccccc2)[C@@H](OC(=O)c2ccccc2)[C@@H]1N=[N+]=[N-]. The molecule has 1 saturated heterocycles. The van der Waals surface area contributed by atoms with E-state index in [1.54, 1.807) is 60.7 Å². The number of rotatable bonds is 6. The second kappa shape index (κ2) is 10.5. The van der Waals surface area contributed by atoms with E-state index in [4.69, 9.17) is 19.7 Å². The largest absolute Gasteiger partial charge is 0.454 e. The summed E-state index contributed by atoms with van der Waals surface area (Å²) in [5, 5.41) is 3.69. The monoisotopic (exact) mass is 441 g/mol. The molecule has 0 N–H and O–H groups in total. The first-order valence-corrected chi connectivity index (χ1v) is 10.4. The van der Waals surface area contributed by atoms with Crippen LogP contribution in [0.2, 0.25) is 0 Å². The highest BCUT2D eigenvalue weighted by Gasteiger charge is 2.46. The molecule has 0 aromatic heterocycles. The van der Waals surface area contributed by atoms with Crippen LogP contribution in [0.1, 0.15) is 27.6 Å². The van der Waals surface area contributed by atoms with Crippen LogP contribution in [0.25, 0.3) is 10.4 Å². The van der Waals surface area contributed by atoms with Gasteiger partial charge in [-0.05, 0) is 29.8 Å². The molecule has 0 amide bonds. The maximum atomic E-state index is 12.7. The predicted octanol–water partition coefficient (Wildman–Crippen LogP) is 3.75. The van der Waals surface area contributed by atoms with E-state index < -0.39 is 41.6 Å². The summed E-state index contributed by atoms with van der Waals surface area (Å²) in [5.41, 5.74) is 8.75. The number of ether oxygens (including phenoxy) is 3. The average molecular weight is 441 g/mol. The third kappa shape index (κ3) is 5.78. The van der Waals surface area contributed by atoms with E-state index in [0.29, 0.717) is 5.56 Å². The van der Waals surface area contributed by atoms with Crippen LogP contribution in [0.5, 0.6) is 0 Å². The fraction of sp³-hybridized carbons (Fsp3) is 0.286. The van der Waals surface area contributed by atoms with E-state index in [1.165, 1.54) is 6.92 Å². The van der Waals surface area contributed by atoms with Crippen molar-refractivity contribution in [2.24, 2.45) is 5.11 Å². The predicted molar refractivity (Wildman–Crippen MR) is 112 cm³/mol. The summed E-state index contributed by atoms with van der Waals surface area (Å²) >= 11 is 1.14. The first-order chi connectivity index (χ1) is 15.0. The highest BCUT2D eigenvalue weighted by molar-refractivity contribution is 7.99. The Kier molecular flexibility index (Phi) is 7.53. The molecule has 1 fully saturated rings. The van der Waals surface area contributed by atoms with E-state index in [2.05, 4.69) is 10.0 Å². The molecule has 0 bridgehead atoms. The highest BCUT2D eigenvalue weighted by atomic mass is 32.2. The van der Waals surface area contributed by atoms with Crippen molar-refractivity contribution in [1.82, 2.24) is 0 Å². The number of esters is 3. The summed E-state index contributed by atoms with van der Waals surface area (Å²) in [6, 6.07) is 15.5. The minimum Gasteiger partial charge on any atom is -0.454 e. The standard InChI is InChI=1S/C21H19N3O6S/c1-13(25)28-21-17(23-24-22)18(30-20(27)15-10-6-3-7-11-15)16(12-31-21)29-19(26)14-8-4-2-5-9-14/h2-11,16-18,21H,12H2,1H3/t16-,17+,18-,21-/m1/s1. The van der Waals surface area contributed by atoms with Gasteiger partial charge in [-0.1, -0.05) is 41.5 Å². The van der Waals surface area contributed by atoms with Gasteiger partial charge < -0.3 is 14.2 Å². The number of hydrogen-bond acceptors (Lipinski definition) is 8. The van der Waals surface area contributed by atoms with Crippen LogP contribution >= 0.6 is 11.8 Å². The van der Waals surface area contributed by atoms with Crippen molar-refractivity contribution in [1.29, 1.82) is 0 Å². The molecule has 9 nitrogen and oxygen atoms in total. The van der Waals surface area contributed by atoms with E-state index in [9.17, 15) is 14.4 Å². The Morgan fingerprint density at radius 1 is 0.935 bits per heavy atom. The second-order valence-electron chi connectivity index (χ2n) is 6.55. The molecule has 0 aliphatic carbocycles. The second-order valence-corrected chi connectivity index (χ2v) is 7.68. The Balaban J connectivity index is 1.88. The first kappa shape index (κ1) is 22.2. The molecule has 0 unspecified atom stereocenters. The number of benzene rings is 2. The van der Waals surface area contributed by atoms with Crippen LogP contribution in [-0.4, -0.2) is 47.3 Å². The average Bonchev–Trinajstić information content (AvgIpc) is 2.78. The van der Waals surface area contributed by atoms with Crippen LogP contribution in [0.15, 0.2) is 65.8 Å². The number of thioether (sulfide) groups is 1. The van der Waals surface area contributed by atoms with Crippen LogP contribution in [-0.2, 0) is 19.0 Å². The van der Waals surface area contributed by atoms with E-state index in [1.807, 2.05) is 0 Å². The molecule has 1 aliphatic heterocycles. The third-order valence-electron chi connectivity index (χ3n) is 4.39. The first-order valence-electron chi connectivity index (χ1n) is 9.34. The van der Waals surface area contributed by atoms with Gasteiger partial charge in [-0.15, -0.1) is 11.8 Å². The number of azide groups is 1. The summed E-state index contributed by atoms with van der Waals surface area (Å²) in [7, 11) is 0. The molecule has 10 heteroatoms. The zero-order chi connectivity index (χ0) is 22.2. The normalized spacial score (nSPS) is 22.5. The molecule has 1 aliphatic rings. The van der Waals surface area contributed by atoms with Gasteiger partial charge in [0, 0.05) is 17.6 Å². The molecule has 4 atom stereocenters. The number of carbonyl (C=O) groups is 3. The number of hydrogen-bond donors (Lipinski definition) is 0. The summed E-state index contributed by atoms with van der Waals surface area (Å²) in [4.78, 5) is 39.6. The fourth-order valence-corrected chi connectivity index (χ4v) is 4.24. The Bertz CT molecular complexity index is 981. The lowest BCUT2D eigenvalue weighted by Crippen LogP contribution is -2.52. The van der Waals surface area contributed by atoms with Gasteiger partial charge in [0.2, 0.25) is 0 Å². The maximum absolute atomic E-state index is 12.7. The van der Waals surface area contributed by atoms with Crippen molar-refractivity contribution >= 4 is 29.7 Å². The molecule has 2 aromatic carbocycles. The van der Waals surface area contributed by atoms with Crippen molar-refractivity contribution in [2.45, 2.75) is 30.6 Å². The summed E-state index contributed by atoms with van der Waals surface area (Å²) in [6.45, 7) is 1.22. The molecule has 3 rings (SSSR count). The quantitative estimate of drug-likeness (QED) is 0.219. The van der Waals surface area contributed by atoms with Crippen LogP contribution in [0, 0.1) is 0 Å². The molecule has 160 valence electrons. The van der Waals surface area contributed by atoms with E-state index >= 15 is 0 Å². The van der Waals surface area contributed by atoms with Gasteiger partial charge in [0.15, 0.2) is 11.5 Å². The van der Waals surface area contributed by atoms with Crippen molar-refractivity contribution in [3.63, 3.8) is 0 Å². The summed E-state index contributed by atoms with van der Waals surface area (Å²) in [6.07, 6.45) is -2.07. The van der Waals surface area contributed by atoms with E-state index in [-0.39, 0.29) is 11.3 Å². The van der Waals surface area contributed by atoms with Gasteiger partial charge in [-0.2, -0.15) is 0 Å². The molecule has 31 heavy (non-hydrogen) atoms. The molecule has 2 aromatic rings.